The lowest BCUT2D eigenvalue weighted by Crippen LogP contribution is -2.54. The predicted octanol–water partition coefficient (Wildman–Crippen LogP) is 0.936. The second-order valence-electron chi connectivity index (χ2n) is 4.90. The Hall–Kier alpha value is -1.34. The quantitative estimate of drug-likeness (QED) is 0.635. The first-order valence-corrected chi connectivity index (χ1v) is 7.47. The number of carbonyl (C=O) groups excluding carboxylic acids is 1. The van der Waals surface area contributed by atoms with Gasteiger partial charge < -0.3 is 15.0 Å². The largest absolute Gasteiger partial charge is 0.468 e. The van der Waals surface area contributed by atoms with E-state index in [9.17, 15) is 9.59 Å². The molecule has 0 aromatic carbocycles. The van der Waals surface area contributed by atoms with Gasteiger partial charge in [-0.2, -0.15) is 0 Å². The van der Waals surface area contributed by atoms with E-state index in [0.29, 0.717) is 11.6 Å². The van der Waals surface area contributed by atoms with Gasteiger partial charge in [-0.1, -0.05) is 11.8 Å². The lowest BCUT2D eigenvalue weighted by Gasteiger charge is -2.37. The summed E-state index contributed by atoms with van der Waals surface area (Å²) in [6, 6.07) is 1.39. The predicted molar refractivity (Wildman–Crippen MR) is 76.8 cm³/mol. The molecule has 6 nitrogen and oxygen atoms in total. The number of methoxy groups -OCH3 is 1. The van der Waals surface area contributed by atoms with E-state index in [-0.39, 0.29) is 16.8 Å². The number of thioether (sulfide) groups is 1. The highest BCUT2D eigenvalue weighted by atomic mass is 32.2. The van der Waals surface area contributed by atoms with Crippen LogP contribution in [-0.2, 0) is 9.53 Å². The minimum atomic E-state index is -0.625. The molecule has 2 unspecified atom stereocenters. The molecule has 20 heavy (non-hydrogen) atoms. The van der Waals surface area contributed by atoms with Crippen LogP contribution in [0.4, 0.5) is 0 Å². The first-order chi connectivity index (χ1) is 9.59. The monoisotopic (exact) mass is 297 g/mol. The van der Waals surface area contributed by atoms with Gasteiger partial charge in [0.25, 0.3) is 5.56 Å². The zero-order chi connectivity index (χ0) is 14.6. The number of nitrogens with one attached hydrogen (secondary N) is 2. The fraction of sp³-hybridized carbons (Fsp3) is 0.615. The summed E-state index contributed by atoms with van der Waals surface area (Å²) in [5.74, 6) is -0.222. The van der Waals surface area contributed by atoms with Gasteiger partial charge in [-0.3, -0.25) is 9.59 Å². The molecular formula is C13H19N3O3S. The Kier molecular flexibility index (Phi) is 4.82. The number of hydrogen-bond donors (Lipinski definition) is 2. The van der Waals surface area contributed by atoms with Crippen LogP contribution in [-0.4, -0.2) is 40.9 Å². The van der Waals surface area contributed by atoms with Crippen LogP contribution in [0.5, 0.6) is 0 Å². The van der Waals surface area contributed by atoms with E-state index >= 15 is 0 Å². The van der Waals surface area contributed by atoms with E-state index in [1.54, 1.807) is 7.05 Å². The van der Waals surface area contributed by atoms with Gasteiger partial charge >= 0.3 is 5.97 Å². The van der Waals surface area contributed by atoms with Crippen LogP contribution >= 0.6 is 11.8 Å². The molecule has 0 aliphatic heterocycles. The van der Waals surface area contributed by atoms with Crippen molar-refractivity contribution >= 4 is 17.7 Å². The third-order valence-corrected chi connectivity index (χ3v) is 4.85. The minimum Gasteiger partial charge on any atom is -0.468 e. The molecule has 2 N–H and O–H groups in total. The van der Waals surface area contributed by atoms with E-state index in [1.165, 1.54) is 31.1 Å². The lowest BCUT2D eigenvalue weighted by molar-refractivity contribution is -0.149. The molecule has 0 amide bonds. The molecule has 7 heteroatoms. The van der Waals surface area contributed by atoms with Crippen LogP contribution in [0.2, 0.25) is 0 Å². The first kappa shape index (κ1) is 15.1. The maximum atomic E-state index is 12.0. The molecule has 1 aromatic rings. The van der Waals surface area contributed by atoms with Gasteiger partial charge in [0, 0.05) is 17.5 Å². The van der Waals surface area contributed by atoms with Crippen LogP contribution in [0.1, 0.15) is 25.7 Å². The number of H-pyrrole nitrogens is 1. The van der Waals surface area contributed by atoms with Gasteiger partial charge in [0.1, 0.15) is 5.54 Å². The van der Waals surface area contributed by atoms with E-state index < -0.39 is 5.54 Å². The Bertz CT molecular complexity index is 534. The third kappa shape index (κ3) is 3.21. The second kappa shape index (κ2) is 6.41. The zero-order valence-corrected chi connectivity index (χ0v) is 12.5. The number of ether oxygens (including phenoxy) is 1. The minimum absolute atomic E-state index is 0.161. The zero-order valence-electron chi connectivity index (χ0n) is 11.6. The Morgan fingerprint density at radius 1 is 1.65 bits per heavy atom. The second-order valence-corrected chi connectivity index (χ2v) is 6.19. The highest BCUT2D eigenvalue weighted by Crippen LogP contribution is 2.37. The van der Waals surface area contributed by atoms with Gasteiger partial charge in [0.2, 0.25) is 0 Å². The molecule has 1 aliphatic carbocycles. The Balaban J connectivity index is 2.10. The van der Waals surface area contributed by atoms with Crippen molar-refractivity contribution in [1.29, 1.82) is 0 Å². The van der Waals surface area contributed by atoms with Crippen molar-refractivity contribution in [3.63, 3.8) is 0 Å². The highest BCUT2D eigenvalue weighted by molar-refractivity contribution is 7.99. The number of rotatable bonds is 4. The fourth-order valence-corrected chi connectivity index (χ4v) is 3.85. The molecule has 1 heterocycles. The summed E-state index contributed by atoms with van der Waals surface area (Å²) in [6.07, 6.45) is 4.86. The van der Waals surface area contributed by atoms with Crippen molar-refractivity contribution in [3.8, 4) is 0 Å². The number of carbonyl (C=O) groups is 1. The number of esters is 1. The molecular weight excluding hydrogens is 278 g/mol. The molecule has 0 radical (unpaired) electrons. The number of likely N-dealkylation sites (N-methyl/N-ethyl adjacent to an activating group) is 1. The molecule has 1 aliphatic rings. The SMILES string of the molecule is CNC1(C(=O)OC)CCCC(Sc2nccc(=O)[nH]2)C1. The van der Waals surface area contributed by atoms with Crippen molar-refractivity contribution in [3.05, 3.63) is 22.6 Å². The fourth-order valence-electron chi connectivity index (χ4n) is 2.60. The molecule has 1 saturated carbocycles. The molecule has 1 aromatic heterocycles. The first-order valence-electron chi connectivity index (χ1n) is 6.59. The number of nitrogens with zero attached hydrogens (tertiary/aromatic N) is 1. The summed E-state index contributed by atoms with van der Waals surface area (Å²) in [7, 11) is 3.20. The number of aromatic nitrogens is 2. The molecule has 0 saturated heterocycles. The summed E-state index contributed by atoms with van der Waals surface area (Å²) < 4.78 is 4.92. The lowest BCUT2D eigenvalue weighted by atomic mass is 9.81. The maximum absolute atomic E-state index is 12.0. The maximum Gasteiger partial charge on any atom is 0.326 e. The average Bonchev–Trinajstić information content (AvgIpc) is 2.46. The van der Waals surface area contributed by atoms with Crippen molar-refractivity contribution < 1.29 is 9.53 Å². The summed E-state index contributed by atoms with van der Waals surface area (Å²) in [5, 5.41) is 3.93. The smallest absolute Gasteiger partial charge is 0.326 e. The summed E-state index contributed by atoms with van der Waals surface area (Å²) in [4.78, 5) is 30.1. The van der Waals surface area contributed by atoms with Crippen LogP contribution < -0.4 is 10.9 Å². The van der Waals surface area contributed by atoms with E-state index in [1.807, 2.05) is 0 Å². The van der Waals surface area contributed by atoms with Crippen LogP contribution in [0.3, 0.4) is 0 Å². The number of hydrogen-bond acceptors (Lipinski definition) is 6. The van der Waals surface area contributed by atoms with E-state index in [2.05, 4.69) is 15.3 Å². The third-order valence-electron chi connectivity index (χ3n) is 3.69. The van der Waals surface area contributed by atoms with Crippen molar-refractivity contribution in [1.82, 2.24) is 15.3 Å². The topological polar surface area (TPSA) is 84.1 Å². The molecule has 2 atom stereocenters. The van der Waals surface area contributed by atoms with Crippen molar-refractivity contribution in [2.75, 3.05) is 14.2 Å². The molecule has 1 fully saturated rings. The van der Waals surface area contributed by atoms with Gasteiger partial charge in [-0.25, -0.2) is 4.98 Å². The molecule has 2 rings (SSSR count). The highest BCUT2D eigenvalue weighted by Gasteiger charge is 2.42. The number of aromatic amines is 1. The summed E-state index contributed by atoms with van der Waals surface area (Å²) in [6.45, 7) is 0. The summed E-state index contributed by atoms with van der Waals surface area (Å²) >= 11 is 1.51. The van der Waals surface area contributed by atoms with Gasteiger partial charge in [-0.05, 0) is 32.7 Å². The molecule has 0 spiro atoms. The normalized spacial score (nSPS) is 26.2. The average molecular weight is 297 g/mol. The van der Waals surface area contributed by atoms with Crippen molar-refractivity contribution in [2.45, 2.75) is 41.6 Å². The van der Waals surface area contributed by atoms with E-state index in [0.717, 1.165) is 19.3 Å². The molecule has 110 valence electrons. The summed E-state index contributed by atoms with van der Waals surface area (Å²) in [5.41, 5.74) is -0.786. The van der Waals surface area contributed by atoms with Crippen molar-refractivity contribution in [2.24, 2.45) is 0 Å². The molecule has 0 bridgehead atoms. The van der Waals surface area contributed by atoms with Crippen LogP contribution in [0, 0.1) is 0 Å². The van der Waals surface area contributed by atoms with Crippen LogP contribution in [0.25, 0.3) is 0 Å². The van der Waals surface area contributed by atoms with E-state index in [4.69, 9.17) is 4.74 Å². The Morgan fingerprint density at radius 2 is 2.45 bits per heavy atom. The Labute approximate surface area is 121 Å². The van der Waals surface area contributed by atoms with Gasteiger partial charge in [0.15, 0.2) is 5.16 Å². The standard InChI is InChI=1S/C13H19N3O3S/c1-14-13(11(18)19-2)6-3-4-9(8-13)20-12-15-7-5-10(17)16-12/h5,7,9,14H,3-4,6,8H2,1-2H3,(H,15,16,17). The Morgan fingerprint density at radius 3 is 3.10 bits per heavy atom. The van der Waals surface area contributed by atoms with Gasteiger partial charge in [-0.15, -0.1) is 0 Å². The van der Waals surface area contributed by atoms with Crippen LogP contribution in [0.15, 0.2) is 22.2 Å². The van der Waals surface area contributed by atoms with Gasteiger partial charge in [0.05, 0.1) is 7.11 Å².